The number of nitro groups is 1. The fourth-order valence-electron chi connectivity index (χ4n) is 1.88. The maximum absolute atomic E-state index is 11.1. The normalized spacial score (nSPS) is 12.5. The first-order chi connectivity index (χ1) is 10.4. The Labute approximate surface area is 124 Å². The van der Waals surface area contributed by atoms with E-state index >= 15 is 0 Å². The third-order valence-corrected chi connectivity index (χ3v) is 2.94. The summed E-state index contributed by atoms with van der Waals surface area (Å²) < 4.78 is 4.86. The van der Waals surface area contributed by atoms with Gasteiger partial charge in [-0.05, 0) is 26.0 Å². The van der Waals surface area contributed by atoms with Gasteiger partial charge in [-0.1, -0.05) is 5.16 Å². The van der Waals surface area contributed by atoms with Gasteiger partial charge in [0, 0.05) is 12.1 Å². The van der Waals surface area contributed by atoms with E-state index in [9.17, 15) is 14.9 Å². The second-order valence-electron chi connectivity index (χ2n) is 4.47. The number of aryl methyl sites for hydroxylation is 1. The summed E-state index contributed by atoms with van der Waals surface area (Å²) in [4.78, 5) is 21.1. The van der Waals surface area contributed by atoms with Crippen molar-refractivity contribution >= 4 is 17.3 Å². The van der Waals surface area contributed by atoms with E-state index in [0.717, 1.165) is 0 Å². The molecule has 0 aliphatic rings. The molecule has 0 saturated heterocycles. The van der Waals surface area contributed by atoms with Crippen molar-refractivity contribution in [2.24, 2.45) is 10.2 Å². The molecule has 0 aliphatic carbocycles. The van der Waals surface area contributed by atoms with Crippen molar-refractivity contribution in [3.05, 3.63) is 51.4 Å². The van der Waals surface area contributed by atoms with Crippen LogP contribution in [-0.2, 0) is 0 Å². The Morgan fingerprint density at radius 2 is 2.05 bits per heavy atom. The van der Waals surface area contributed by atoms with Crippen LogP contribution in [0.15, 0.2) is 39.0 Å². The fraction of sp³-hybridized carbons (Fsp3) is 0.231. The smallest absolute Gasteiger partial charge is 0.358 e. The third kappa shape index (κ3) is 3.14. The molecule has 1 atom stereocenters. The Morgan fingerprint density at radius 3 is 2.59 bits per heavy atom. The number of benzene rings is 1. The van der Waals surface area contributed by atoms with Crippen LogP contribution in [0.4, 0.5) is 11.4 Å². The van der Waals surface area contributed by atoms with Crippen LogP contribution >= 0.6 is 0 Å². The quantitative estimate of drug-likeness (QED) is 0.511. The molecule has 0 radical (unpaired) electrons. The first-order valence-electron chi connectivity index (χ1n) is 6.25. The zero-order valence-corrected chi connectivity index (χ0v) is 11.8. The monoisotopic (exact) mass is 304 g/mol. The summed E-state index contributed by atoms with van der Waals surface area (Å²) in [6.07, 6.45) is 0. The fourth-order valence-corrected chi connectivity index (χ4v) is 1.88. The maximum Gasteiger partial charge on any atom is 0.358 e. The number of nitrogens with zero attached hydrogens (tertiary/aromatic N) is 4. The van der Waals surface area contributed by atoms with Crippen molar-refractivity contribution in [3.8, 4) is 0 Å². The number of rotatable bonds is 5. The summed E-state index contributed by atoms with van der Waals surface area (Å²) >= 11 is 0. The number of carboxylic acids is 1. The van der Waals surface area contributed by atoms with Gasteiger partial charge in [0.2, 0.25) is 0 Å². The van der Waals surface area contributed by atoms with Crippen LogP contribution in [0.25, 0.3) is 0 Å². The summed E-state index contributed by atoms with van der Waals surface area (Å²) in [5, 5.41) is 31.0. The maximum atomic E-state index is 11.1. The van der Waals surface area contributed by atoms with Crippen molar-refractivity contribution < 1.29 is 19.3 Å². The van der Waals surface area contributed by atoms with Gasteiger partial charge in [0.15, 0.2) is 5.69 Å². The summed E-state index contributed by atoms with van der Waals surface area (Å²) in [6.45, 7) is 3.24. The van der Waals surface area contributed by atoms with Crippen LogP contribution < -0.4 is 0 Å². The van der Waals surface area contributed by atoms with Crippen LogP contribution in [0, 0.1) is 17.0 Å². The van der Waals surface area contributed by atoms with Crippen molar-refractivity contribution in [2.45, 2.75) is 19.9 Å². The zero-order chi connectivity index (χ0) is 16.3. The highest BCUT2D eigenvalue weighted by molar-refractivity contribution is 5.87. The number of non-ortho nitro benzene ring substituents is 1. The summed E-state index contributed by atoms with van der Waals surface area (Å²) in [6, 6.07) is 4.95. The minimum Gasteiger partial charge on any atom is -0.476 e. The molecule has 22 heavy (non-hydrogen) atoms. The average Bonchev–Trinajstić information content (AvgIpc) is 2.87. The predicted molar refractivity (Wildman–Crippen MR) is 74.2 cm³/mol. The van der Waals surface area contributed by atoms with Crippen molar-refractivity contribution in [2.75, 3.05) is 0 Å². The summed E-state index contributed by atoms with van der Waals surface area (Å²) in [5.41, 5.74) is 0.518. The SMILES string of the molecule is Cc1onc(C(=O)O)c1C(C)N=Nc1ccc([N+](=O)[O-])cc1. The Balaban J connectivity index is 2.21. The molecule has 9 heteroatoms. The highest BCUT2D eigenvalue weighted by Gasteiger charge is 2.23. The van der Waals surface area contributed by atoms with Gasteiger partial charge in [-0.15, -0.1) is 0 Å². The topological polar surface area (TPSA) is 131 Å². The standard InChI is InChI=1S/C13H12N4O5/c1-7(11-8(2)22-16-12(11)13(18)19)14-15-9-3-5-10(6-4-9)17(20)21/h3-7H,1-2H3,(H,18,19). The van der Waals surface area contributed by atoms with E-state index in [2.05, 4.69) is 15.4 Å². The lowest BCUT2D eigenvalue weighted by molar-refractivity contribution is -0.384. The molecule has 1 heterocycles. The number of aromatic nitrogens is 1. The molecular weight excluding hydrogens is 292 g/mol. The molecule has 0 spiro atoms. The van der Waals surface area contributed by atoms with E-state index in [-0.39, 0.29) is 11.4 Å². The molecule has 0 aliphatic heterocycles. The molecule has 0 saturated carbocycles. The molecule has 0 amide bonds. The number of nitro benzene ring substituents is 1. The molecule has 1 aromatic carbocycles. The Morgan fingerprint density at radius 1 is 1.41 bits per heavy atom. The summed E-state index contributed by atoms with van der Waals surface area (Å²) in [7, 11) is 0. The molecule has 0 bridgehead atoms. The van der Waals surface area contributed by atoms with Crippen LogP contribution in [0.2, 0.25) is 0 Å². The molecule has 2 rings (SSSR count). The first-order valence-corrected chi connectivity index (χ1v) is 6.25. The van der Waals surface area contributed by atoms with Gasteiger partial charge in [-0.25, -0.2) is 4.79 Å². The van der Waals surface area contributed by atoms with E-state index in [4.69, 9.17) is 9.63 Å². The van der Waals surface area contributed by atoms with Gasteiger partial charge in [0.25, 0.3) is 5.69 Å². The molecule has 114 valence electrons. The van der Waals surface area contributed by atoms with Gasteiger partial charge >= 0.3 is 5.97 Å². The lowest BCUT2D eigenvalue weighted by Crippen LogP contribution is -2.03. The van der Waals surface area contributed by atoms with Crippen LogP contribution in [0.3, 0.4) is 0 Å². The number of carbonyl (C=O) groups is 1. The van der Waals surface area contributed by atoms with Gasteiger partial charge in [0.1, 0.15) is 5.76 Å². The Kier molecular flexibility index (Phi) is 4.25. The molecule has 2 aromatic rings. The second kappa shape index (κ2) is 6.12. The minimum atomic E-state index is -1.20. The largest absolute Gasteiger partial charge is 0.476 e. The predicted octanol–water partition coefficient (Wildman–Crippen LogP) is 3.43. The highest BCUT2D eigenvalue weighted by atomic mass is 16.6. The highest BCUT2D eigenvalue weighted by Crippen LogP contribution is 2.27. The Hall–Kier alpha value is -3.10. The minimum absolute atomic E-state index is 0.0463. The van der Waals surface area contributed by atoms with Crippen LogP contribution in [-0.4, -0.2) is 21.2 Å². The molecule has 1 N–H and O–H groups in total. The number of aromatic carboxylic acids is 1. The van der Waals surface area contributed by atoms with Gasteiger partial charge in [-0.2, -0.15) is 10.2 Å². The summed E-state index contributed by atoms with van der Waals surface area (Å²) in [5.74, 6) is -0.850. The average molecular weight is 304 g/mol. The van der Waals surface area contributed by atoms with Gasteiger partial charge in [0.05, 0.1) is 22.2 Å². The molecular formula is C13H12N4O5. The van der Waals surface area contributed by atoms with Gasteiger partial charge < -0.3 is 9.63 Å². The van der Waals surface area contributed by atoms with Crippen molar-refractivity contribution in [3.63, 3.8) is 0 Å². The number of azo groups is 1. The number of hydrogen-bond donors (Lipinski definition) is 1. The van der Waals surface area contributed by atoms with E-state index in [0.29, 0.717) is 17.0 Å². The molecule has 1 aromatic heterocycles. The van der Waals surface area contributed by atoms with E-state index in [1.54, 1.807) is 13.8 Å². The lowest BCUT2D eigenvalue weighted by atomic mass is 10.1. The van der Waals surface area contributed by atoms with E-state index in [1.165, 1.54) is 24.3 Å². The van der Waals surface area contributed by atoms with Crippen molar-refractivity contribution in [1.29, 1.82) is 0 Å². The van der Waals surface area contributed by atoms with E-state index in [1.807, 2.05) is 0 Å². The molecule has 1 unspecified atom stereocenters. The van der Waals surface area contributed by atoms with E-state index < -0.39 is 16.9 Å². The van der Waals surface area contributed by atoms with Crippen molar-refractivity contribution in [1.82, 2.24) is 5.16 Å². The zero-order valence-electron chi connectivity index (χ0n) is 11.8. The molecule has 0 fully saturated rings. The number of hydrogen-bond acceptors (Lipinski definition) is 7. The Bertz CT molecular complexity index is 735. The van der Waals surface area contributed by atoms with Crippen LogP contribution in [0.1, 0.15) is 34.8 Å². The van der Waals surface area contributed by atoms with Crippen LogP contribution in [0.5, 0.6) is 0 Å². The number of carboxylic acid groups (broad SMARTS) is 1. The second-order valence-corrected chi connectivity index (χ2v) is 4.47. The first kappa shape index (κ1) is 15.3. The lowest BCUT2D eigenvalue weighted by Gasteiger charge is -2.03. The third-order valence-electron chi connectivity index (χ3n) is 2.94. The molecule has 9 nitrogen and oxygen atoms in total. The van der Waals surface area contributed by atoms with Gasteiger partial charge in [-0.3, -0.25) is 10.1 Å².